The Kier molecular flexibility index (Phi) is 6.53. The lowest BCUT2D eigenvalue weighted by Crippen LogP contribution is -2.41. The Hall–Kier alpha value is -1.39. The van der Waals surface area contributed by atoms with Crippen molar-refractivity contribution < 1.29 is 14.4 Å². The SMILES string of the molecule is CCCC(CC)C(=O)N[C@H](C=O)C[C@@H]1CCNC1=O. The van der Waals surface area contributed by atoms with Crippen LogP contribution in [-0.2, 0) is 14.4 Å². The van der Waals surface area contributed by atoms with E-state index in [1.54, 1.807) is 0 Å². The molecule has 1 saturated heterocycles. The van der Waals surface area contributed by atoms with E-state index in [9.17, 15) is 14.4 Å². The van der Waals surface area contributed by atoms with Gasteiger partial charge in [0.25, 0.3) is 0 Å². The molecule has 0 saturated carbocycles. The predicted octanol–water partition coefficient (Wildman–Crippen LogP) is 1.02. The van der Waals surface area contributed by atoms with Gasteiger partial charge in [0.15, 0.2) is 0 Å². The van der Waals surface area contributed by atoms with E-state index < -0.39 is 6.04 Å². The molecule has 3 atom stereocenters. The summed E-state index contributed by atoms with van der Waals surface area (Å²) in [4.78, 5) is 34.5. The first kappa shape index (κ1) is 15.7. The van der Waals surface area contributed by atoms with Crippen molar-refractivity contribution in [2.24, 2.45) is 11.8 Å². The van der Waals surface area contributed by atoms with Gasteiger partial charge in [0.2, 0.25) is 11.8 Å². The third-order valence-electron chi connectivity index (χ3n) is 3.69. The summed E-state index contributed by atoms with van der Waals surface area (Å²) in [5.41, 5.74) is 0. The van der Waals surface area contributed by atoms with Crippen LogP contribution in [-0.4, -0.2) is 30.7 Å². The second-order valence-corrected chi connectivity index (χ2v) is 5.16. The summed E-state index contributed by atoms with van der Waals surface area (Å²) in [6, 6.07) is -0.549. The number of carbonyl (C=O) groups is 3. The number of amides is 2. The topological polar surface area (TPSA) is 75.3 Å². The number of aldehydes is 1. The van der Waals surface area contributed by atoms with Gasteiger partial charge in [-0.1, -0.05) is 20.3 Å². The fourth-order valence-corrected chi connectivity index (χ4v) is 2.49. The lowest BCUT2D eigenvalue weighted by Gasteiger charge is -2.19. The van der Waals surface area contributed by atoms with Crippen molar-refractivity contribution >= 4 is 18.1 Å². The highest BCUT2D eigenvalue weighted by Gasteiger charge is 2.28. The zero-order valence-corrected chi connectivity index (χ0v) is 11.8. The average molecular weight is 268 g/mol. The lowest BCUT2D eigenvalue weighted by atomic mass is 9.96. The summed E-state index contributed by atoms with van der Waals surface area (Å²) in [6.45, 7) is 4.67. The number of hydrogen-bond donors (Lipinski definition) is 2. The number of carbonyl (C=O) groups excluding carboxylic acids is 3. The van der Waals surface area contributed by atoms with E-state index in [1.165, 1.54) is 0 Å². The molecule has 1 rings (SSSR count). The van der Waals surface area contributed by atoms with Crippen LogP contribution in [0.15, 0.2) is 0 Å². The Balaban J connectivity index is 2.48. The van der Waals surface area contributed by atoms with Crippen LogP contribution in [0.2, 0.25) is 0 Å². The molecule has 5 heteroatoms. The summed E-state index contributed by atoms with van der Waals surface area (Å²) in [7, 11) is 0. The quantitative estimate of drug-likeness (QED) is 0.645. The van der Waals surface area contributed by atoms with E-state index in [-0.39, 0.29) is 23.7 Å². The molecule has 1 fully saturated rings. The van der Waals surface area contributed by atoms with Crippen LogP contribution in [0, 0.1) is 11.8 Å². The Labute approximate surface area is 114 Å². The van der Waals surface area contributed by atoms with Gasteiger partial charge >= 0.3 is 0 Å². The van der Waals surface area contributed by atoms with E-state index in [0.29, 0.717) is 13.0 Å². The molecular formula is C14H24N2O3. The molecular weight excluding hydrogens is 244 g/mol. The number of rotatable bonds is 8. The van der Waals surface area contributed by atoms with Crippen LogP contribution >= 0.6 is 0 Å². The maximum Gasteiger partial charge on any atom is 0.223 e. The normalized spacial score (nSPS) is 21.6. The zero-order valence-electron chi connectivity index (χ0n) is 11.8. The van der Waals surface area contributed by atoms with Crippen molar-refractivity contribution in [1.29, 1.82) is 0 Å². The highest BCUT2D eigenvalue weighted by Crippen LogP contribution is 2.16. The Morgan fingerprint density at radius 1 is 1.53 bits per heavy atom. The molecule has 0 aromatic heterocycles. The molecule has 108 valence electrons. The molecule has 5 nitrogen and oxygen atoms in total. The smallest absolute Gasteiger partial charge is 0.223 e. The molecule has 2 N–H and O–H groups in total. The highest BCUT2D eigenvalue weighted by molar-refractivity contribution is 5.83. The molecule has 0 aromatic carbocycles. The Morgan fingerprint density at radius 2 is 2.26 bits per heavy atom. The van der Waals surface area contributed by atoms with Crippen molar-refractivity contribution in [3.05, 3.63) is 0 Å². The standard InChI is InChI=1S/C14H24N2O3/c1-3-5-10(4-2)14(19)16-12(9-17)8-11-6-7-15-13(11)18/h9-12H,3-8H2,1-2H3,(H,15,18)(H,16,19)/t10?,11-,12-/m0/s1. The molecule has 2 amide bonds. The van der Waals surface area contributed by atoms with Crippen LogP contribution in [0.3, 0.4) is 0 Å². The molecule has 0 radical (unpaired) electrons. The van der Waals surface area contributed by atoms with Crippen LogP contribution in [0.5, 0.6) is 0 Å². The van der Waals surface area contributed by atoms with Gasteiger partial charge < -0.3 is 15.4 Å². The monoisotopic (exact) mass is 268 g/mol. The number of hydrogen-bond acceptors (Lipinski definition) is 3. The minimum atomic E-state index is -0.549. The Morgan fingerprint density at radius 3 is 2.74 bits per heavy atom. The van der Waals surface area contributed by atoms with E-state index in [1.807, 2.05) is 13.8 Å². The molecule has 1 heterocycles. The van der Waals surface area contributed by atoms with Gasteiger partial charge in [-0.05, 0) is 25.7 Å². The van der Waals surface area contributed by atoms with Gasteiger partial charge in [0, 0.05) is 18.4 Å². The third-order valence-corrected chi connectivity index (χ3v) is 3.69. The summed E-state index contributed by atoms with van der Waals surface area (Å²) < 4.78 is 0. The van der Waals surface area contributed by atoms with E-state index in [2.05, 4.69) is 10.6 Å². The van der Waals surface area contributed by atoms with Crippen LogP contribution in [0.4, 0.5) is 0 Å². The largest absolute Gasteiger partial charge is 0.356 e. The minimum absolute atomic E-state index is 0.0123. The minimum Gasteiger partial charge on any atom is -0.356 e. The predicted molar refractivity (Wildman–Crippen MR) is 72.4 cm³/mol. The van der Waals surface area contributed by atoms with E-state index in [0.717, 1.165) is 32.0 Å². The average Bonchev–Trinajstić information content (AvgIpc) is 2.80. The first-order valence-electron chi connectivity index (χ1n) is 7.15. The van der Waals surface area contributed by atoms with Gasteiger partial charge in [-0.2, -0.15) is 0 Å². The maximum absolute atomic E-state index is 12.0. The highest BCUT2D eigenvalue weighted by atomic mass is 16.2. The van der Waals surface area contributed by atoms with Crippen molar-refractivity contribution in [2.45, 2.75) is 52.0 Å². The molecule has 19 heavy (non-hydrogen) atoms. The summed E-state index contributed by atoms with van der Waals surface area (Å²) in [6.07, 6.45) is 4.44. The molecule has 0 spiro atoms. The van der Waals surface area contributed by atoms with Crippen LogP contribution in [0.1, 0.15) is 46.0 Å². The van der Waals surface area contributed by atoms with Crippen LogP contribution < -0.4 is 10.6 Å². The summed E-state index contributed by atoms with van der Waals surface area (Å²) >= 11 is 0. The molecule has 1 unspecified atom stereocenters. The van der Waals surface area contributed by atoms with Crippen LogP contribution in [0.25, 0.3) is 0 Å². The number of nitrogens with one attached hydrogen (secondary N) is 2. The van der Waals surface area contributed by atoms with Gasteiger partial charge in [0.05, 0.1) is 6.04 Å². The van der Waals surface area contributed by atoms with Gasteiger partial charge in [-0.25, -0.2) is 0 Å². The second-order valence-electron chi connectivity index (χ2n) is 5.16. The van der Waals surface area contributed by atoms with Gasteiger partial charge in [-0.3, -0.25) is 9.59 Å². The molecule has 0 aliphatic carbocycles. The van der Waals surface area contributed by atoms with Crippen molar-refractivity contribution in [3.63, 3.8) is 0 Å². The fourth-order valence-electron chi connectivity index (χ4n) is 2.49. The molecule has 1 aliphatic heterocycles. The third kappa shape index (κ3) is 4.65. The van der Waals surface area contributed by atoms with Crippen molar-refractivity contribution in [1.82, 2.24) is 10.6 Å². The molecule has 0 aromatic rings. The molecule has 0 bridgehead atoms. The van der Waals surface area contributed by atoms with Crippen molar-refractivity contribution in [2.75, 3.05) is 6.54 Å². The zero-order chi connectivity index (χ0) is 14.3. The second kappa shape index (κ2) is 7.92. The van der Waals surface area contributed by atoms with Gasteiger partial charge in [0.1, 0.15) is 6.29 Å². The molecule has 1 aliphatic rings. The van der Waals surface area contributed by atoms with Crippen molar-refractivity contribution in [3.8, 4) is 0 Å². The summed E-state index contributed by atoms with van der Waals surface area (Å²) in [5.74, 6) is -0.270. The van der Waals surface area contributed by atoms with E-state index >= 15 is 0 Å². The van der Waals surface area contributed by atoms with E-state index in [4.69, 9.17) is 0 Å². The van der Waals surface area contributed by atoms with Gasteiger partial charge in [-0.15, -0.1) is 0 Å². The Bertz CT molecular complexity index is 331. The lowest BCUT2D eigenvalue weighted by molar-refractivity contribution is -0.129. The maximum atomic E-state index is 12.0. The first-order valence-corrected chi connectivity index (χ1v) is 7.15. The summed E-state index contributed by atoms with van der Waals surface area (Å²) in [5, 5.41) is 5.50. The first-order chi connectivity index (χ1) is 9.12. The fraction of sp³-hybridized carbons (Fsp3) is 0.786.